The van der Waals surface area contributed by atoms with E-state index in [9.17, 15) is 13.2 Å². The summed E-state index contributed by atoms with van der Waals surface area (Å²) in [6.45, 7) is 2.89. The lowest BCUT2D eigenvalue weighted by atomic mass is 9.95. The molecular formula is C12H12F3NO. The standard InChI is InChI=1S/C12H12F3NO/c1-8-4-3-5-9(6-8)10-7-11(2,17-16-10)12(13,14)15/h3-6H,7H2,1-2H3. The Hall–Kier alpha value is -1.52. The molecule has 0 radical (unpaired) electrons. The fourth-order valence-electron chi connectivity index (χ4n) is 1.67. The molecule has 1 unspecified atom stereocenters. The Kier molecular flexibility index (Phi) is 2.64. The number of rotatable bonds is 1. The van der Waals surface area contributed by atoms with Crippen LogP contribution in [0.5, 0.6) is 0 Å². The maximum Gasteiger partial charge on any atom is 0.431 e. The third kappa shape index (κ3) is 2.14. The average molecular weight is 243 g/mol. The van der Waals surface area contributed by atoms with Gasteiger partial charge in [-0.2, -0.15) is 13.2 Å². The van der Waals surface area contributed by atoms with E-state index in [1.165, 1.54) is 0 Å². The highest BCUT2D eigenvalue weighted by Gasteiger charge is 2.57. The van der Waals surface area contributed by atoms with Crippen LogP contribution >= 0.6 is 0 Å². The van der Waals surface area contributed by atoms with Crippen molar-refractivity contribution in [2.75, 3.05) is 0 Å². The second-order valence-electron chi connectivity index (χ2n) is 4.40. The first-order chi connectivity index (χ1) is 7.82. The molecule has 1 aliphatic rings. The molecule has 0 aliphatic carbocycles. The van der Waals surface area contributed by atoms with E-state index >= 15 is 0 Å². The molecule has 0 N–H and O–H groups in total. The molecule has 0 spiro atoms. The van der Waals surface area contributed by atoms with Crippen molar-refractivity contribution in [3.63, 3.8) is 0 Å². The van der Waals surface area contributed by atoms with Gasteiger partial charge in [-0.25, -0.2) is 0 Å². The molecule has 0 aromatic heterocycles. The van der Waals surface area contributed by atoms with Gasteiger partial charge in [0.2, 0.25) is 5.60 Å². The minimum Gasteiger partial charge on any atom is -0.379 e. The highest BCUT2D eigenvalue weighted by Crippen LogP contribution is 2.40. The van der Waals surface area contributed by atoms with Crippen molar-refractivity contribution in [2.45, 2.75) is 32.0 Å². The summed E-state index contributed by atoms with van der Waals surface area (Å²) < 4.78 is 38.1. The van der Waals surface area contributed by atoms with E-state index in [4.69, 9.17) is 0 Å². The Bertz CT molecular complexity index is 467. The summed E-state index contributed by atoms with van der Waals surface area (Å²) in [6, 6.07) is 7.20. The maximum atomic E-state index is 12.7. The Morgan fingerprint density at radius 3 is 2.59 bits per heavy atom. The number of benzene rings is 1. The fourth-order valence-corrected chi connectivity index (χ4v) is 1.67. The van der Waals surface area contributed by atoms with Crippen LogP contribution in [0.3, 0.4) is 0 Å². The number of nitrogens with zero attached hydrogens (tertiary/aromatic N) is 1. The maximum absolute atomic E-state index is 12.7. The molecule has 92 valence electrons. The molecule has 2 rings (SSSR count). The van der Waals surface area contributed by atoms with E-state index in [0.29, 0.717) is 11.3 Å². The van der Waals surface area contributed by atoms with Gasteiger partial charge in [0.25, 0.3) is 0 Å². The summed E-state index contributed by atoms with van der Waals surface area (Å²) in [7, 11) is 0. The summed E-state index contributed by atoms with van der Waals surface area (Å²) in [5.74, 6) is 0. The average Bonchev–Trinajstić information content (AvgIpc) is 2.61. The minimum absolute atomic E-state index is 0.250. The molecule has 0 saturated carbocycles. The van der Waals surface area contributed by atoms with E-state index in [-0.39, 0.29) is 6.42 Å². The van der Waals surface area contributed by atoms with E-state index in [1.807, 2.05) is 13.0 Å². The van der Waals surface area contributed by atoms with Gasteiger partial charge in [-0.1, -0.05) is 35.0 Å². The molecule has 2 nitrogen and oxygen atoms in total. The second-order valence-corrected chi connectivity index (χ2v) is 4.40. The molecule has 17 heavy (non-hydrogen) atoms. The first-order valence-electron chi connectivity index (χ1n) is 5.21. The van der Waals surface area contributed by atoms with Crippen molar-refractivity contribution < 1.29 is 18.0 Å². The van der Waals surface area contributed by atoms with E-state index in [1.54, 1.807) is 18.2 Å². The van der Waals surface area contributed by atoms with Gasteiger partial charge in [0.15, 0.2) is 0 Å². The van der Waals surface area contributed by atoms with Crippen molar-refractivity contribution in [2.24, 2.45) is 5.16 Å². The molecule has 1 aliphatic heterocycles. The number of oxime groups is 1. The molecule has 0 amide bonds. The van der Waals surface area contributed by atoms with E-state index < -0.39 is 11.8 Å². The predicted octanol–water partition coefficient (Wildman–Crippen LogP) is 3.44. The van der Waals surface area contributed by atoms with Crippen molar-refractivity contribution in [3.05, 3.63) is 35.4 Å². The molecule has 1 heterocycles. The lowest BCUT2D eigenvalue weighted by Gasteiger charge is -2.24. The zero-order chi connectivity index (χ0) is 12.7. The third-order valence-corrected chi connectivity index (χ3v) is 2.81. The number of alkyl halides is 3. The highest BCUT2D eigenvalue weighted by molar-refractivity contribution is 6.01. The summed E-state index contributed by atoms with van der Waals surface area (Å²) >= 11 is 0. The van der Waals surface area contributed by atoms with Crippen molar-refractivity contribution in [3.8, 4) is 0 Å². The van der Waals surface area contributed by atoms with E-state index in [0.717, 1.165) is 12.5 Å². The fraction of sp³-hybridized carbons (Fsp3) is 0.417. The van der Waals surface area contributed by atoms with Gasteiger partial charge in [-0.15, -0.1) is 0 Å². The number of hydrogen-bond acceptors (Lipinski definition) is 2. The Morgan fingerprint density at radius 1 is 1.35 bits per heavy atom. The molecule has 5 heteroatoms. The second kappa shape index (κ2) is 3.75. The normalized spacial score (nSPS) is 24.4. The largest absolute Gasteiger partial charge is 0.431 e. The first kappa shape index (κ1) is 12.0. The monoisotopic (exact) mass is 243 g/mol. The number of halogens is 3. The van der Waals surface area contributed by atoms with Crippen LogP contribution in [-0.4, -0.2) is 17.5 Å². The minimum atomic E-state index is -4.41. The summed E-state index contributed by atoms with van der Waals surface area (Å²) in [6.07, 6.45) is -4.66. The van der Waals surface area contributed by atoms with Crippen LogP contribution < -0.4 is 0 Å². The van der Waals surface area contributed by atoms with Gasteiger partial charge < -0.3 is 4.84 Å². The van der Waals surface area contributed by atoms with Crippen molar-refractivity contribution >= 4 is 5.71 Å². The zero-order valence-corrected chi connectivity index (χ0v) is 9.51. The number of aryl methyl sites for hydroxylation is 1. The molecule has 0 bridgehead atoms. The first-order valence-corrected chi connectivity index (χ1v) is 5.21. The Balaban J connectivity index is 2.23. The molecular weight excluding hydrogens is 231 g/mol. The van der Waals surface area contributed by atoms with Crippen LogP contribution in [0.15, 0.2) is 29.4 Å². The molecule has 0 saturated heterocycles. The molecule has 0 fully saturated rings. The zero-order valence-electron chi connectivity index (χ0n) is 9.51. The number of hydrogen-bond donors (Lipinski definition) is 0. The van der Waals surface area contributed by atoms with Crippen LogP contribution in [0.1, 0.15) is 24.5 Å². The lowest BCUT2D eigenvalue weighted by Crippen LogP contribution is -2.42. The van der Waals surface area contributed by atoms with Gasteiger partial charge in [0.1, 0.15) is 0 Å². The quantitative estimate of drug-likeness (QED) is 0.740. The van der Waals surface area contributed by atoms with Crippen LogP contribution in [0, 0.1) is 6.92 Å². The Labute approximate surface area is 97.1 Å². The smallest absolute Gasteiger partial charge is 0.379 e. The van der Waals surface area contributed by atoms with E-state index in [2.05, 4.69) is 9.99 Å². The lowest BCUT2D eigenvalue weighted by molar-refractivity contribution is -0.261. The Morgan fingerprint density at radius 2 is 2.06 bits per heavy atom. The van der Waals surface area contributed by atoms with Crippen molar-refractivity contribution in [1.82, 2.24) is 0 Å². The van der Waals surface area contributed by atoms with Gasteiger partial charge in [-0.3, -0.25) is 0 Å². The van der Waals surface area contributed by atoms with Gasteiger partial charge in [0.05, 0.1) is 5.71 Å². The molecule has 1 atom stereocenters. The van der Waals surface area contributed by atoms with Gasteiger partial charge in [0, 0.05) is 6.42 Å². The van der Waals surface area contributed by atoms with Crippen molar-refractivity contribution in [1.29, 1.82) is 0 Å². The predicted molar refractivity (Wildman–Crippen MR) is 57.9 cm³/mol. The summed E-state index contributed by atoms with van der Waals surface area (Å²) in [5.41, 5.74) is -0.205. The third-order valence-electron chi connectivity index (χ3n) is 2.81. The summed E-state index contributed by atoms with van der Waals surface area (Å²) in [5, 5.41) is 3.56. The van der Waals surface area contributed by atoms with Crippen LogP contribution in [0.2, 0.25) is 0 Å². The van der Waals surface area contributed by atoms with Crippen LogP contribution in [0.4, 0.5) is 13.2 Å². The molecule has 1 aromatic rings. The topological polar surface area (TPSA) is 21.6 Å². The van der Waals surface area contributed by atoms with Crippen LogP contribution in [0.25, 0.3) is 0 Å². The van der Waals surface area contributed by atoms with Gasteiger partial charge in [-0.05, 0) is 19.4 Å². The van der Waals surface area contributed by atoms with Gasteiger partial charge >= 0.3 is 6.18 Å². The summed E-state index contributed by atoms with van der Waals surface area (Å²) in [4.78, 5) is 4.57. The highest BCUT2D eigenvalue weighted by atomic mass is 19.4. The van der Waals surface area contributed by atoms with Crippen LogP contribution in [-0.2, 0) is 4.84 Å². The SMILES string of the molecule is Cc1cccc(C2=NOC(C)(C(F)(F)F)C2)c1. The molecule has 1 aromatic carbocycles.